The summed E-state index contributed by atoms with van der Waals surface area (Å²) in [4.78, 5) is 24.8. The van der Waals surface area contributed by atoms with Gasteiger partial charge in [0, 0.05) is 44.5 Å². The highest BCUT2D eigenvalue weighted by Gasteiger charge is 2.31. The first-order valence-corrected chi connectivity index (χ1v) is 12.8. The van der Waals surface area contributed by atoms with Crippen LogP contribution in [-0.4, -0.2) is 48.4 Å². The second-order valence-corrected chi connectivity index (χ2v) is 10.0. The average molecular weight is 530 g/mol. The molecule has 1 atom stereocenters. The number of rotatable bonds is 8. The summed E-state index contributed by atoms with van der Waals surface area (Å²) in [5, 5.41) is 20.6. The molecule has 5 rings (SSSR count). The maximum atomic E-state index is 11.4. The van der Waals surface area contributed by atoms with Crippen LogP contribution in [0.1, 0.15) is 51.4 Å². The normalized spacial score (nSPS) is 15.3. The first-order chi connectivity index (χ1) is 18.7. The van der Waals surface area contributed by atoms with Crippen LogP contribution in [0.5, 0.6) is 11.5 Å². The topological polar surface area (TPSA) is 145 Å². The Morgan fingerprint density at radius 1 is 1.31 bits per heavy atom. The van der Waals surface area contributed by atoms with Crippen molar-refractivity contribution in [1.29, 1.82) is 5.26 Å². The van der Waals surface area contributed by atoms with Gasteiger partial charge in [0.05, 0.1) is 41.5 Å². The fourth-order valence-electron chi connectivity index (χ4n) is 4.71. The summed E-state index contributed by atoms with van der Waals surface area (Å²) >= 11 is 0. The van der Waals surface area contributed by atoms with Crippen LogP contribution in [0.4, 0.5) is 17.6 Å². The number of pyridine rings is 2. The highest BCUT2D eigenvalue weighted by molar-refractivity contribution is 5.87. The molecule has 1 amide bonds. The Kier molecular flexibility index (Phi) is 6.93. The number of hydrogen-bond donors (Lipinski definition) is 2. The molecule has 12 nitrogen and oxygen atoms in total. The summed E-state index contributed by atoms with van der Waals surface area (Å²) in [6.07, 6.45) is 4.74. The van der Waals surface area contributed by atoms with Gasteiger partial charge in [-0.2, -0.15) is 15.3 Å². The molecule has 0 aromatic carbocycles. The Bertz CT molecular complexity index is 1580. The Hall–Kier alpha value is -4.50. The molecule has 1 aliphatic heterocycles. The van der Waals surface area contributed by atoms with E-state index in [4.69, 9.17) is 19.6 Å². The minimum atomic E-state index is -0.724. The summed E-state index contributed by atoms with van der Waals surface area (Å²) in [7, 11) is 1.91. The number of anilines is 3. The Balaban J connectivity index is 1.48. The molecule has 5 heterocycles. The van der Waals surface area contributed by atoms with E-state index in [-0.39, 0.29) is 11.9 Å². The zero-order valence-corrected chi connectivity index (χ0v) is 22.6. The van der Waals surface area contributed by atoms with Gasteiger partial charge in [-0.25, -0.2) is 9.97 Å². The maximum absolute atomic E-state index is 11.4. The van der Waals surface area contributed by atoms with Crippen molar-refractivity contribution in [3.05, 3.63) is 41.9 Å². The van der Waals surface area contributed by atoms with Crippen LogP contribution < -0.4 is 15.4 Å². The van der Waals surface area contributed by atoms with Crippen molar-refractivity contribution in [2.45, 2.75) is 52.0 Å². The second kappa shape index (κ2) is 10.3. The van der Waals surface area contributed by atoms with Gasteiger partial charge < -0.3 is 24.7 Å². The summed E-state index contributed by atoms with van der Waals surface area (Å²) < 4.78 is 15.6. The predicted molar refractivity (Wildman–Crippen MR) is 145 cm³/mol. The van der Waals surface area contributed by atoms with E-state index >= 15 is 0 Å². The molecule has 4 aromatic rings. The zero-order chi connectivity index (χ0) is 27.7. The van der Waals surface area contributed by atoms with E-state index in [1.165, 1.54) is 6.92 Å². The standard InChI is InChI=1S/C27H31N9O3/c1-6-19-20(39-18-7-9-29-22(11-18)31-16(2)37)13-30-25-24(19)35(5)26(33-25)32-23-12-21(27(3,4)15-28)36(34-23)17-8-10-38-14-17/h7,9,11-13,17H,6,8,10,14H2,1-5H3,(H,29,31,37)(H,30,32,33,34). The average Bonchev–Trinajstić information content (AvgIpc) is 3.64. The van der Waals surface area contributed by atoms with Crippen LogP contribution in [0.2, 0.25) is 0 Å². The fourth-order valence-corrected chi connectivity index (χ4v) is 4.71. The minimum absolute atomic E-state index is 0.0797. The minimum Gasteiger partial charge on any atom is -0.455 e. The van der Waals surface area contributed by atoms with Crippen LogP contribution >= 0.6 is 0 Å². The molecule has 12 heteroatoms. The van der Waals surface area contributed by atoms with Crippen molar-refractivity contribution in [2.24, 2.45) is 7.05 Å². The molecule has 0 bridgehead atoms. The molecule has 1 saturated heterocycles. The number of aromatic nitrogens is 6. The number of ether oxygens (including phenoxy) is 2. The summed E-state index contributed by atoms with van der Waals surface area (Å²) in [6, 6.07) is 7.75. The van der Waals surface area contributed by atoms with Gasteiger partial charge in [-0.1, -0.05) is 6.92 Å². The number of hydrogen-bond acceptors (Lipinski definition) is 9. The van der Waals surface area contributed by atoms with E-state index in [1.807, 2.05) is 43.1 Å². The number of nitriles is 1. The lowest BCUT2D eigenvalue weighted by Crippen LogP contribution is -2.23. The molecule has 1 unspecified atom stereocenters. The Morgan fingerprint density at radius 3 is 2.82 bits per heavy atom. The van der Waals surface area contributed by atoms with E-state index in [0.717, 1.165) is 23.2 Å². The molecule has 0 saturated carbocycles. The largest absolute Gasteiger partial charge is 0.455 e. The number of amides is 1. The van der Waals surface area contributed by atoms with Crippen molar-refractivity contribution in [3.8, 4) is 17.6 Å². The molecular formula is C27H31N9O3. The SMILES string of the molecule is CCc1c(Oc2ccnc(NC(C)=O)c2)cnc2nc(Nc3cc(C(C)(C)C#N)n(C4CCOC4)n3)n(C)c12. The highest BCUT2D eigenvalue weighted by atomic mass is 16.5. The van der Waals surface area contributed by atoms with Gasteiger partial charge in [-0.3, -0.25) is 9.48 Å². The van der Waals surface area contributed by atoms with Crippen molar-refractivity contribution in [2.75, 3.05) is 23.8 Å². The summed E-state index contributed by atoms with van der Waals surface area (Å²) in [5.41, 5.74) is 2.42. The third-order valence-electron chi connectivity index (χ3n) is 6.73. The van der Waals surface area contributed by atoms with Crippen molar-refractivity contribution in [1.82, 2.24) is 29.3 Å². The lowest BCUT2D eigenvalue weighted by Gasteiger charge is -2.20. The molecule has 0 radical (unpaired) electrons. The van der Waals surface area contributed by atoms with Crippen LogP contribution in [0, 0.1) is 11.3 Å². The van der Waals surface area contributed by atoms with E-state index in [0.29, 0.717) is 54.4 Å². The number of aryl methyl sites for hydroxylation is 2. The zero-order valence-electron chi connectivity index (χ0n) is 22.6. The van der Waals surface area contributed by atoms with Crippen molar-refractivity contribution < 1.29 is 14.3 Å². The fraction of sp³-hybridized carbons (Fsp3) is 0.407. The summed E-state index contributed by atoms with van der Waals surface area (Å²) in [6.45, 7) is 8.48. The van der Waals surface area contributed by atoms with Gasteiger partial charge in [0.1, 0.15) is 11.6 Å². The molecule has 39 heavy (non-hydrogen) atoms. The van der Waals surface area contributed by atoms with E-state index in [1.54, 1.807) is 24.5 Å². The first-order valence-electron chi connectivity index (χ1n) is 12.8. The molecule has 2 N–H and O–H groups in total. The number of fused-ring (bicyclic) bond motifs is 1. The number of nitrogens with zero attached hydrogens (tertiary/aromatic N) is 7. The Labute approximate surface area is 226 Å². The highest BCUT2D eigenvalue weighted by Crippen LogP contribution is 2.34. The molecule has 0 spiro atoms. The van der Waals surface area contributed by atoms with Gasteiger partial charge >= 0.3 is 0 Å². The van der Waals surface area contributed by atoms with Crippen LogP contribution in [-0.2, 0) is 28.4 Å². The third kappa shape index (κ3) is 5.13. The molecule has 4 aromatic heterocycles. The van der Waals surface area contributed by atoms with Gasteiger partial charge in [-0.15, -0.1) is 0 Å². The van der Waals surface area contributed by atoms with Gasteiger partial charge in [0.25, 0.3) is 0 Å². The van der Waals surface area contributed by atoms with Crippen molar-refractivity contribution >= 4 is 34.7 Å². The Morgan fingerprint density at radius 2 is 2.13 bits per heavy atom. The van der Waals surface area contributed by atoms with Crippen molar-refractivity contribution in [3.63, 3.8) is 0 Å². The monoisotopic (exact) mass is 529 g/mol. The molecule has 1 fully saturated rings. The molecular weight excluding hydrogens is 498 g/mol. The van der Waals surface area contributed by atoms with Crippen LogP contribution in [0.15, 0.2) is 30.6 Å². The third-order valence-corrected chi connectivity index (χ3v) is 6.73. The number of carbonyl (C=O) groups excluding carboxylic acids is 1. The van der Waals surface area contributed by atoms with E-state index in [2.05, 4.69) is 26.7 Å². The van der Waals surface area contributed by atoms with E-state index in [9.17, 15) is 10.1 Å². The molecule has 202 valence electrons. The number of imidazole rings is 1. The summed E-state index contributed by atoms with van der Waals surface area (Å²) in [5.74, 6) is 2.46. The quantitative estimate of drug-likeness (QED) is 0.340. The number of carbonyl (C=O) groups is 1. The lowest BCUT2D eigenvalue weighted by molar-refractivity contribution is -0.114. The van der Waals surface area contributed by atoms with Gasteiger partial charge in [0.15, 0.2) is 17.2 Å². The number of nitrogens with one attached hydrogen (secondary N) is 2. The second-order valence-electron chi connectivity index (χ2n) is 10.0. The molecule has 0 aliphatic carbocycles. The van der Waals surface area contributed by atoms with Crippen LogP contribution in [0.3, 0.4) is 0 Å². The predicted octanol–water partition coefficient (Wildman–Crippen LogP) is 4.38. The van der Waals surface area contributed by atoms with Gasteiger partial charge in [-0.05, 0) is 32.8 Å². The smallest absolute Gasteiger partial charge is 0.222 e. The molecule has 1 aliphatic rings. The first kappa shape index (κ1) is 26.1. The maximum Gasteiger partial charge on any atom is 0.222 e. The van der Waals surface area contributed by atoms with Crippen LogP contribution in [0.25, 0.3) is 11.2 Å². The lowest BCUT2D eigenvalue weighted by atomic mass is 9.91. The van der Waals surface area contributed by atoms with E-state index < -0.39 is 5.41 Å². The van der Waals surface area contributed by atoms with Gasteiger partial charge in [0.2, 0.25) is 11.9 Å².